The zero-order chi connectivity index (χ0) is 10.7. The van der Waals surface area contributed by atoms with Crippen LogP contribution in [0.1, 0.15) is 39.5 Å². The van der Waals surface area contributed by atoms with Crippen LogP contribution in [0.5, 0.6) is 0 Å². The third-order valence-electron chi connectivity index (χ3n) is 4.08. The van der Waals surface area contributed by atoms with Crippen LogP contribution < -0.4 is 0 Å². The maximum Gasteiger partial charge on any atom is 0.0469 e. The number of hydrogen-bond donors (Lipinski definition) is 0. The maximum atomic E-state index is 5.42. The van der Waals surface area contributed by atoms with Gasteiger partial charge in [0.2, 0.25) is 0 Å². The highest BCUT2D eigenvalue weighted by Crippen LogP contribution is 2.24. The van der Waals surface area contributed by atoms with Crippen molar-refractivity contribution in [3.05, 3.63) is 0 Å². The lowest BCUT2D eigenvalue weighted by Crippen LogP contribution is -2.44. The Bertz CT molecular complexity index is 189. The number of likely N-dealkylation sites (tertiary alicyclic amines) is 1. The molecule has 0 radical (unpaired) electrons. The minimum absolute atomic E-state index is 0.809. The van der Waals surface area contributed by atoms with E-state index in [0.717, 1.165) is 31.1 Å². The fraction of sp³-hybridized carbons (Fsp3) is 1.00. The van der Waals surface area contributed by atoms with Crippen molar-refractivity contribution in [2.75, 3.05) is 26.3 Å². The molecule has 0 N–H and O–H groups in total. The average molecular weight is 211 g/mol. The van der Waals surface area contributed by atoms with Gasteiger partial charge in [-0.3, -0.25) is 0 Å². The van der Waals surface area contributed by atoms with Crippen LogP contribution in [0.25, 0.3) is 0 Å². The van der Waals surface area contributed by atoms with E-state index < -0.39 is 0 Å². The molecule has 2 heterocycles. The molecule has 2 aliphatic heterocycles. The quantitative estimate of drug-likeness (QED) is 0.696. The van der Waals surface area contributed by atoms with Crippen LogP contribution in [-0.2, 0) is 4.74 Å². The molecule has 0 aromatic carbocycles. The lowest BCUT2D eigenvalue weighted by molar-refractivity contribution is 0.0343. The molecule has 0 saturated carbocycles. The molecule has 2 aliphatic rings. The van der Waals surface area contributed by atoms with Crippen LogP contribution in [0, 0.1) is 11.8 Å². The Labute approximate surface area is 94.0 Å². The minimum atomic E-state index is 0.809. The van der Waals surface area contributed by atoms with E-state index in [1.807, 2.05) is 0 Å². The number of hydrogen-bond acceptors (Lipinski definition) is 2. The van der Waals surface area contributed by atoms with E-state index in [-0.39, 0.29) is 0 Å². The summed E-state index contributed by atoms with van der Waals surface area (Å²) in [5.74, 6) is 1.80. The van der Waals surface area contributed by atoms with E-state index in [1.165, 1.54) is 38.8 Å². The predicted octanol–water partition coefficient (Wildman–Crippen LogP) is 2.53. The summed E-state index contributed by atoms with van der Waals surface area (Å²) in [6, 6.07) is 0.809. The molecule has 15 heavy (non-hydrogen) atoms. The first-order chi connectivity index (χ1) is 7.25. The van der Waals surface area contributed by atoms with Gasteiger partial charge in [0.15, 0.2) is 0 Å². The molecular formula is C13H25NO. The molecule has 0 aliphatic carbocycles. The lowest BCUT2D eigenvalue weighted by Gasteiger charge is -2.39. The van der Waals surface area contributed by atoms with Crippen LogP contribution in [-0.4, -0.2) is 37.2 Å². The van der Waals surface area contributed by atoms with Crippen molar-refractivity contribution in [1.82, 2.24) is 4.90 Å². The van der Waals surface area contributed by atoms with E-state index in [4.69, 9.17) is 4.74 Å². The number of nitrogens with zero attached hydrogens (tertiary/aromatic N) is 1. The molecule has 88 valence electrons. The fourth-order valence-corrected chi connectivity index (χ4v) is 2.89. The van der Waals surface area contributed by atoms with Gasteiger partial charge in [0.05, 0.1) is 0 Å². The summed E-state index contributed by atoms with van der Waals surface area (Å²) in [7, 11) is 0. The third-order valence-corrected chi connectivity index (χ3v) is 4.08. The predicted molar refractivity (Wildman–Crippen MR) is 63.0 cm³/mol. The van der Waals surface area contributed by atoms with E-state index in [1.54, 1.807) is 0 Å². The van der Waals surface area contributed by atoms with Crippen LogP contribution in [0.2, 0.25) is 0 Å². The normalized spacial score (nSPS) is 35.6. The number of piperidine rings is 1. The van der Waals surface area contributed by atoms with Crippen molar-refractivity contribution in [2.24, 2.45) is 11.8 Å². The van der Waals surface area contributed by atoms with Gasteiger partial charge in [0.25, 0.3) is 0 Å². The monoisotopic (exact) mass is 211 g/mol. The molecule has 2 atom stereocenters. The Balaban J connectivity index is 1.80. The maximum absolute atomic E-state index is 5.42. The molecule has 0 unspecified atom stereocenters. The first-order valence-electron chi connectivity index (χ1n) is 6.57. The van der Waals surface area contributed by atoms with Gasteiger partial charge in [0.1, 0.15) is 0 Å². The topological polar surface area (TPSA) is 12.5 Å². The Hall–Kier alpha value is -0.0800. The van der Waals surface area contributed by atoms with E-state index in [2.05, 4.69) is 18.7 Å². The first kappa shape index (κ1) is 11.4. The Morgan fingerprint density at radius 1 is 1.07 bits per heavy atom. The highest BCUT2D eigenvalue weighted by molar-refractivity contribution is 4.79. The molecular weight excluding hydrogens is 186 g/mol. The van der Waals surface area contributed by atoms with Crippen LogP contribution >= 0.6 is 0 Å². The molecule has 2 rings (SSSR count). The van der Waals surface area contributed by atoms with Gasteiger partial charge < -0.3 is 9.64 Å². The first-order valence-corrected chi connectivity index (χ1v) is 6.57. The average Bonchev–Trinajstić information content (AvgIpc) is 2.25. The minimum Gasteiger partial charge on any atom is -0.381 e. The fourth-order valence-electron chi connectivity index (χ4n) is 2.89. The highest BCUT2D eigenvalue weighted by atomic mass is 16.5. The molecule has 0 bridgehead atoms. The second-order valence-corrected chi connectivity index (χ2v) is 5.54. The SMILES string of the molecule is C[C@H]1CC[C@@H](C)N(CC2CCOCC2)C1. The van der Waals surface area contributed by atoms with Crippen molar-refractivity contribution in [1.29, 1.82) is 0 Å². The Morgan fingerprint density at radius 3 is 2.53 bits per heavy atom. The Morgan fingerprint density at radius 2 is 1.80 bits per heavy atom. The third kappa shape index (κ3) is 3.18. The van der Waals surface area contributed by atoms with E-state index >= 15 is 0 Å². The van der Waals surface area contributed by atoms with Gasteiger partial charge in [-0.2, -0.15) is 0 Å². The van der Waals surface area contributed by atoms with Gasteiger partial charge in [-0.1, -0.05) is 6.92 Å². The summed E-state index contributed by atoms with van der Waals surface area (Å²) in [5.41, 5.74) is 0. The molecule has 2 heteroatoms. The van der Waals surface area contributed by atoms with Crippen LogP contribution in [0.3, 0.4) is 0 Å². The molecule has 0 spiro atoms. The lowest BCUT2D eigenvalue weighted by atomic mass is 9.92. The van der Waals surface area contributed by atoms with Crippen LogP contribution in [0.15, 0.2) is 0 Å². The molecule has 0 aromatic rings. The summed E-state index contributed by atoms with van der Waals surface area (Å²) in [6.45, 7) is 9.40. The summed E-state index contributed by atoms with van der Waals surface area (Å²) in [5, 5.41) is 0. The zero-order valence-electron chi connectivity index (χ0n) is 10.2. The number of rotatable bonds is 2. The Kier molecular flexibility index (Phi) is 4.04. The van der Waals surface area contributed by atoms with Crippen molar-refractivity contribution in [3.63, 3.8) is 0 Å². The van der Waals surface area contributed by atoms with Crippen molar-refractivity contribution in [2.45, 2.75) is 45.6 Å². The van der Waals surface area contributed by atoms with Gasteiger partial charge >= 0.3 is 0 Å². The van der Waals surface area contributed by atoms with Crippen LogP contribution in [0.4, 0.5) is 0 Å². The molecule has 0 aromatic heterocycles. The van der Waals surface area contributed by atoms with Gasteiger partial charge in [0, 0.05) is 32.3 Å². The second kappa shape index (κ2) is 5.31. The largest absolute Gasteiger partial charge is 0.381 e. The van der Waals surface area contributed by atoms with Gasteiger partial charge in [-0.25, -0.2) is 0 Å². The molecule has 2 nitrogen and oxygen atoms in total. The van der Waals surface area contributed by atoms with Gasteiger partial charge in [-0.15, -0.1) is 0 Å². The molecule has 0 amide bonds. The standard InChI is InChI=1S/C13H25NO/c1-11-3-4-12(2)14(9-11)10-13-5-7-15-8-6-13/h11-13H,3-10H2,1-2H3/t11-,12+/m0/s1. The summed E-state index contributed by atoms with van der Waals surface area (Å²) in [4.78, 5) is 2.71. The second-order valence-electron chi connectivity index (χ2n) is 5.54. The number of ether oxygens (including phenoxy) is 1. The van der Waals surface area contributed by atoms with Crippen molar-refractivity contribution >= 4 is 0 Å². The summed E-state index contributed by atoms with van der Waals surface area (Å²) < 4.78 is 5.42. The smallest absolute Gasteiger partial charge is 0.0469 e. The summed E-state index contributed by atoms with van der Waals surface area (Å²) >= 11 is 0. The van der Waals surface area contributed by atoms with E-state index in [9.17, 15) is 0 Å². The van der Waals surface area contributed by atoms with Gasteiger partial charge in [-0.05, 0) is 44.4 Å². The highest BCUT2D eigenvalue weighted by Gasteiger charge is 2.25. The van der Waals surface area contributed by atoms with Crippen molar-refractivity contribution < 1.29 is 4.74 Å². The summed E-state index contributed by atoms with van der Waals surface area (Å²) in [6.07, 6.45) is 5.37. The molecule has 2 fully saturated rings. The van der Waals surface area contributed by atoms with Crippen molar-refractivity contribution in [3.8, 4) is 0 Å². The zero-order valence-corrected chi connectivity index (χ0v) is 10.2. The van der Waals surface area contributed by atoms with E-state index in [0.29, 0.717) is 0 Å². The molecule has 2 saturated heterocycles.